The van der Waals surface area contributed by atoms with Gasteiger partial charge in [0.1, 0.15) is 94.4 Å². The van der Waals surface area contributed by atoms with Crippen LogP contribution in [-0.4, -0.2) is 222 Å². The number of morpholine rings is 1. The number of halogens is 3. The lowest BCUT2D eigenvalue weighted by atomic mass is 9.97. The second kappa shape index (κ2) is 46.5. The van der Waals surface area contributed by atoms with Crippen molar-refractivity contribution in [3.8, 4) is 86.0 Å². The van der Waals surface area contributed by atoms with Crippen molar-refractivity contribution >= 4 is 164 Å². The molecule has 4 aromatic carbocycles. The number of nitrogen functional groups attached to an aromatic ring is 6. The Labute approximate surface area is 891 Å². The van der Waals surface area contributed by atoms with Crippen LogP contribution in [0.5, 0.6) is 17.2 Å². The van der Waals surface area contributed by atoms with Crippen LogP contribution in [0.4, 0.5) is 48.1 Å². The van der Waals surface area contributed by atoms with Crippen LogP contribution < -0.4 is 48.6 Å². The van der Waals surface area contributed by atoms with Crippen LogP contribution in [0.2, 0.25) is 0 Å². The quantitative estimate of drug-likeness (QED) is 0.0386. The topological polar surface area (TPSA) is 398 Å². The van der Waals surface area contributed by atoms with Gasteiger partial charge in [0, 0.05) is 182 Å². The van der Waals surface area contributed by atoms with E-state index in [9.17, 15) is 13.2 Å². The number of alkyl halides is 3. The molecule has 0 atom stereocenters. The minimum absolute atomic E-state index is 0.231. The lowest BCUT2D eigenvalue weighted by Gasteiger charge is -2.27. The lowest BCUT2D eigenvalue weighted by molar-refractivity contribution is 0.0346. The van der Waals surface area contributed by atoms with Crippen LogP contribution in [-0.2, 0) is 51.1 Å². The van der Waals surface area contributed by atoms with Crippen molar-refractivity contribution in [3.05, 3.63) is 211 Å². The van der Waals surface area contributed by atoms with E-state index in [4.69, 9.17) is 82.7 Å². The maximum absolute atomic E-state index is 13.4. The Balaban J connectivity index is 0.000000105. The molecule has 14 aromatic heterocycles. The lowest BCUT2D eigenvalue weighted by Crippen LogP contribution is -2.35. The molecule has 40 heteroatoms. The number of thiophene rings is 6. The van der Waals surface area contributed by atoms with Gasteiger partial charge in [0.25, 0.3) is 5.89 Å². The minimum atomic E-state index is -0.658. The Kier molecular flexibility index (Phi) is 31.9. The zero-order valence-electron chi connectivity index (χ0n) is 84.4. The van der Waals surface area contributed by atoms with E-state index < -0.39 is 18.5 Å². The third-order valence-electron chi connectivity index (χ3n) is 28.3. The van der Waals surface area contributed by atoms with Crippen molar-refractivity contribution in [2.75, 3.05) is 127 Å². The van der Waals surface area contributed by atoms with Crippen LogP contribution in [0, 0.1) is 6.92 Å². The van der Waals surface area contributed by atoms with E-state index in [0.29, 0.717) is 120 Å². The van der Waals surface area contributed by atoms with Gasteiger partial charge in [-0.25, -0.2) is 78.0 Å². The van der Waals surface area contributed by atoms with Crippen molar-refractivity contribution in [1.82, 2.24) is 98.8 Å². The summed E-state index contributed by atoms with van der Waals surface area (Å²) >= 11 is 10.0. The van der Waals surface area contributed by atoms with Crippen molar-refractivity contribution < 1.29 is 36.5 Å². The van der Waals surface area contributed by atoms with Crippen LogP contribution in [0.3, 0.4) is 0 Å². The van der Waals surface area contributed by atoms with E-state index in [1.165, 1.54) is 72.3 Å². The highest BCUT2D eigenvalue weighted by molar-refractivity contribution is 7.20. The number of hydrogen-bond acceptors (Lipinski definition) is 36. The van der Waals surface area contributed by atoms with E-state index in [1.54, 1.807) is 81.3 Å². The first-order valence-corrected chi connectivity index (χ1v) is 56.0. The minimum Gasteiger partial charge on any atom is -0.497 e. The molecule has 12 N–H and O–H groups in total. The SMILES string of the molecule is CC(C)c1ccccc1-c1nc(N)c2cc(CN3CCC(F)CC3)sc2n1.COc1cccc(-c2nc(N)c3cc(CN4CC=CCC4)sc3n2)c1.Cc1cccc(-c2nc(N)c3cc(CN4C5CCC4CC5)sc3n2)c1.Cn1cccc1-c1nc(N)c2cc(CN3CCC(F)CC3)sc2n1.Nc1nc(-c2ccc3c(c2)OCO3)nc2sc(CN3CCC(F)CC3)cc12.Nc1nc(-c2ncco2)nc2sc(CN3CCOCC3)cc12. The molecule has 6 saturated heterocycles. The molecule has 0 unspecified atom stereocenters. The van der Waals surface area contributed by atoms with Gasteiger partial charge in [-0.2, -0.15) is 0 Å². The second-order valence-electron chi connectivity index (χ2n) is 39.3. The molecule has 0 radical (unpaired) electrons. The van der Waals surface area contributed by atoms with Gasteiger partial charge in [0.15, 0.2) is 40.6 Å². The highest BCUT2D eigenvalue weighted by atomic mass is 32.1. The summed E-state index contributed by atoms with van der Waals surface area (Å²) in [6.07, 6.45) is 17.9. The Hall–Kier alpha value is -12.9. The normalized spacial score (nSPS) is 17.6. The van der Waals surface area contributed by atoms with Gasteiger partial charge in [-0.15, -0.1) is 68.0 Å². The number of anilines is 6. The number of likely N-dealkylation sites (tertiary alicyclic amines) is 3. The molecule has 6 fully saturated rings. The summed E-state index contributed by atoms with van der Waals surface area (Å²) in [5, 5.41) is 5.54. The number of aromatic nitrogens is 14. The number of rotatable bonds is 20. The molecule has 0 amide bonds. The smallest absolute Gasteiger partial charge is 0.264 e. The molecule has 150 heavy (non-hydrogen) atoms. The predicted molar refractivity (Wildman–Crippen MR) is 599 cm³/mol. The summed E-state index contributed by atoms with van der Waals surface area (Å²) in [6, 6.07) is 48.0. The fourth-order valence-electron chi connectivity index (χ4n) is 20.3. The zero-order valence-corrected chi connectivity index (χ0v) is 89.3. The first-order valence-electron chi connectivity index (χ1n) is 51.1. The van der Waals surface area contributed by atoms with Gasteiger partial charge in [-0.1, -0.05) is 86.2 Å². The molecule has 778 valence electrons. The van der Waals surface area contributed by atoms with E-state index in [1.807, 2.05) is 96.7 Å². The van der Waals surface area contributed by atoms with Crippen molar-refractivity contribution in [3.63, 3.8) is 0 Å². The number of ether oxygens (including phenoxy) is 4. The van der Waals surface area contributed by atoms with Crippen molar-refractivity contribution in [2.24, 2.45) is 7.05 Å². The fourth-order valence-corrected chi connectivity index (χ4v) is 26.7. The first-order chi connectivity index (χ1) is 72.9. The molecule has 8 aliphatic heterocycles. The van der Waals surface area contributed by atoms with E-state index in [0.717, 1.165) is 243 Å². The monoisotopic (exact) mass is 2130 g/mol. The molecular formula is C110H121F3N26O5S6. The number of methoxy groups -OCH3 is 1. The van der Waals surface area contributed by atoms with Crippen LogP contribution in [0.15, 0.2) is 175 Å². The fraction of sp³-hybridized carbons (Fsp3) is 0.373. The summed E-state index contributed by atoms with van der Waals surface area (Å²) in [5.74, 6) is 9.77. The largest absolute Gasteiger partial charge is 0.497 e. The number of benzene rings is 4. The zero-order chi connectivity index (χ0) is 103. The Morgan fingerprint density at radius 1 is 0.400 bits per heavy atom. The average molecular weight is 2140 g/mol. The molecule has 0 aliphatic carbocycles. The molecule has 26 rings (SSSR count). The van der Waals surface area contributed by atoms with E-state index in [2.05, 4.69) is 163 Å². The van der Waals surface area contributed by atoms with E-state index >= 15 is 0 Å². The average Bonchev–Trinajstić information content (AvgIpc) is 1.64. The highest BCUT2D eigenvalue weighted by Gasteiger charge is 2.40. The molecule has 31 nitrogen and oxygen atoms in total. The number of hydrogen-bond donors (Lipinski definition) is 6. The molecule has 0 saturated carbocycles. The predicted octanol–water partition coefficient (Wildman–Crippen LogP) is 21.7. The molecular weight excluding hydrogens is 2010 g/mol. The first kappa shape index (κ1) is 103. The Morgan fingerprint density at radius 3 is 1.27 bits per heavy atom. The van der Waals surface area contributed by atoms with E-state index in [-0.39, 0.29) is 6.79 Å². The number of nitrogens with two attached hydrogens (primary N) is 6. The summed E-state index contributed by atoms with van der Waals surface area (Å²) < 4.78 is 68.6. The third kappa shape index (κ3) is 24.3. The third-order valence-corrected chi connectivity index (χ3v) is 34.4. The van der Waals surface area contributed by atoms with Gasteiger partial charge in [0.2, 0.25) is 12.6 Å². The summed E-state index contributed by atoms with van der Waals surface area (Å²) in [4.78, 5) is 86.6. The number of aryl methyl sites for hydroxylation is 2. The van der Waals surface area contributed by atoms with Gasteiger partial charge in [0.05, 0.1) is 64.5 Å². The van der Waals surface area contributed by atoms with Gasteiger partial charge in [-0.05, 0) is 174 Å². The summed E-state index contributed by atoms with van der Waals surface area (Å²) in [6.45, 7) is 22.4. The Morgan fingerprint density at radius 2 is 0.820 bits per heavy atom. The molecule has 22 heterocycles. The van der Waals surface area contributed by atoms with Gasteiger partial charge >= 0.3 is 0 Å². The maximum atomic E-state index is 13.4. The van der Waals surface area contributed by atoms with Crippen LogP contribution >= 0.6 is 68.0 Å². The summed E-state index contributed by atoms with van der Waals surface area (Å²) in [5.41, 5.74) is 44.4. The standard InChI is InChI=1S/C21H25FN4S.C20H22N4S.C19H19FN4O2S.C19H20N4OS.C17H20FN5S.C14H15N5O2S/c1-13(2)16-5-3-4-6-17(16)20-24-19(23)18-11-15(27-21(18)25-20)12-26-9-7-14(22)8-10-26;1-12-3-2-4-13(9-12)19-22-18(21)17-10-16(25-20(17)23-19)11-24-14-5-6-15(24)8-7-14;20-12-3-5-24(6-4-12)9-13-8-14-17(21)22-18(23-19(14)27-13)11-1-2-15-16(7-11)26-10-25-15;1-24-14-7-5-6-13(10-14)18-21-17(20)16-11-15(25-19(16)22-18)12-23-8-3-2-4-9-23;1-22-6-2-3-14(22)16-20-15(19)13-9-12(24-17(13)21-16)10-23-7-4-11(18)5-8-23;15-11-10-7-9(8-19-2-5-20-6-3-19)22-14(10)18-12(17-11)13-16-1-4-21-13/h3-6,11,13-14H,7-10,12H2,1-2H3,(H2,23,24,25);2-4,9-10,14-15H,5-8,11H2,1H3,(H2,21,22,23);1-2,7-8,12H,3-6,9-10H2,(H2,21,22,23);2-3,5-7,10-11H,4,8-9,12H2,1H3,(H2,20,21,22);2-3,6,9,11H,4-5,7-8,10H2,1H3,(H2,19,20,21);1,4,7H,2-3,5-6,8H2,(H2,15,17,18). The molecule has 0 spiro atoms. The number of fused-ring (bicyclic) bond motifs is 9. The Bertz CT molecular complexity index is 7800. The maximum Gasteiger partial charge on any atom is 0.264 e. The number of nitrogens with zero attached hydrogens (tertiary/aromatic N) is 20. The van der Waals surface area contributed by atoms with Crippen molar-refractivity contribution in [1.29, 1.82) is 0 Å². The van der Waals surface area contributed by atoms with Crippen LogP contribution in [0.1, 0.15) is 131 Å². The van der Waals surface area contributed by atoms with Gasteiger partial charge in [-0.3, -0.25) is 29.4 Å². The number of oxazole rings is 1. The molecule has 8 aliphatic rings. The van der Waals surface area contributed by atoms with Crippen molar-refractivity contribution in [2.45, 2.75) is 167 Å². The highest BCUT2D eigenvalue weighted by Crippen LogP contribution is 2.45. The second-order valence-corrected chi connectivity index (χ2v) is 46.0. The van der Waals surface area contributed by atoms with Crippen LogP contribution in [0.25, 0.3) is 130 Å². The molecule has 2 bridgehead atoms. The van der Waals surface area contributed by atoms with Gasteiger partial charge < -0.3 is 62.3 Å². The molecule has 18 aromatic rings. The summed E-state index contributed by atoms with van der Waals surface area (Å²) in [7, 11) is 3.62. The number of piperidine rings is 3.